The average molecular weight is 565 g/mol. The molecule has 1 aliphatic heterocycles. The van der Waals surface area contributed by atoms with Crippen LogP contribution in [0, 0.1) is 0 Å². The minimum atomic E-state index is -5.39. The lowest BCUT2D eigenvalue weighted by Gasteiger charge is -2.19. The maximum atomic E-state index is 13.2. The zero-order valence-electron chi connectivity index (χ0n) is 18.8. The molecule has 1 saturated heterocycles. The molecule has 1 aliphatic rings. The third kappa shape index (κ3) is 5.76. The number of ether oxygens (including phenoxy) is 2. The van der Waals surface area contributed by atoms with Crippen LogP contribution in [-0.2, 0) is 29.2 Å². The van der Waals surface area contributed by atoms with Gasteiger partial charge in [0.25, 0.3) is 5.56 Å². The van der Waals surface area contributed by atoms with Gasteiger partial charge in [0.15, 0.2) is 11.8 Å². The van der Waals surface area contributed by atoms with Crippen molar-refractivity contribution in [2.24, 2.45) is 0 Å². The van der Waals surface area contributed by atoms with E-state index in [1.54, 1.807) is 18.2 Å². The Morgan fingerprint density at radius 3 is 2.51 bits per heavy atom. The quantitative estimate of drug-likeness (QED) is 0.197. The van der Waals surface area contributed by atoms with Crippen LogP contribution in [0.4, 0.5) is 0 Å². The van der Waals surface area contributed by atoms with Crippen LogP contribution in [0.5, 0.6) is 5.75 Å². The predicted octanol–water partition coefficient (Wildman–Crippen LogP) is -0.946. The van der Waals surface area contributed by atoms with Gasteiger partial charge in [0, 0.05) is 12.3 Å². The molecule has 0 bridgehead atoms. The molecule has 0 saturated carbocycles. The van der Waals surface area contributed by atoms with Crippen molar-refractivity contribution < 1.29 is 56.9 Å². The van der Waals surface area contributed by atoms with Crippen molar-refractivity contribution in [2.75, 3.05) is 13.7 Å². The van der Waals surface area contributed by atoms with E-state index < -0.39 is 58.0 Å². The molecular weight excluding hydrogens is 544 g/mol. The molecule has 2 aromatic heterocycles. The maximum absolute atomic E-state index is 13.2. The molecule has 19 heteroatoms. The molecule has 0 aliphatic carbocycles. The van der Waals surface area contributed by atoms with Crippen LogP contribution in [0.2, 0.25) is 0 Å². The lowest BCUT2D eigenvalue weighted by molar-refractivity contribution is -0.0547. The molecular formula is C18H21N3O14P2. The SMILES string of the molecule is COc1cccc2onc(Cn3c(=O)ccn([C@@H]4O[C@H](COP(=O)(O)OP(=O)(O)O)[C@H](O)[C@@H]4O)c3=O)c12. The van der Waals surface area contributed by atoms with Gasteiger partial charge in [-0.25, -0.2) is 13.9 Å². The van der Waals surface area contributed by atoms with E-state index in [1.165, 1.54) is 7.11 Å². The Balaban J connectivity index is 1.59. The topological polar surface area (TPSA) is 242 Å². The zero-order valence-corrected chi connectivity index (χ0v) is 20.5. The van der Waals surface area contributed by atoms with Gasteiger partial charge in [-0.2, -0.15) is 4.31 Å². The number of aliphatic hydroxyl groups is 2. The van der Waals surface area contributed by atoms with Gasteiger partial charge in [-0.1, -0.05) is 11.2 Å². The second-order valence-corrected chi connectivity index (χ2v) is 10.6. The van der Waals surface area contributed by atoms with E-state index in [2.05, 4.69) is 14.0 Å². The molecule has 5 atom stereocenters. The fourth-order valence-corrected chi connectivity index (χ4v) is 5.34. The summed E-state index contributed by atoms with van der Waals surface area (Å²) in [7, 11) is -9.23. The molecule has 37 heavy (non-hydrogen) atoms. The highest BCUT2D eigenvalue weighted by Gasteiger charge is 2.46. The van der Waals surface area contributed by atoms with E-state index >= 15 is 0 Å². The van der Waals surface area contributed by atoms with Crippen molar-refractivity contribution in [1.82, 2.24) is 14.3 Å². The fourth-order valence-electron chi connectivity index (χ4n) is 3.74. The van der Waals surface area contributed by atoms with Gasteiger partial charge in [-0.05, 0) is 12.1 Å². The van der Waals surface area contributed by atoms with Crippen LogP contribution in [0.15, 0.2) is 44.6 Å². The van der Waals surface area contributed by atoms with E-state index in [-0.39, 0.29) is 12.2 Å². The Morgan fingerprint density at radius 2 is 1.84 bits per heavy atom. The van der Waals surface area contributed by atoms with E-state index in [0.29, 0.717) is 16.7 Å². The van der Waals surface area contributed by atoms with E-state index in [9.17, 15) is 33.8 Å². The Labute approximate surface area is 205 Å². The van der Waals surface area contributed by atoms with Gasteiger partial charge in [-0.3, -0.25) is 18.5 Å². The number of nitrogens with zero attached hydrogens (tertiary/aromatic N) is 3. The number of hydrogen-bond acceptors (Lipinski definition) is 12. The Hall–Kier alpha value is -2.69. The standard InChI is InChI=1S/C18H21N3O14P2/c1-31-10-3-2-4-11-14(10)9(19-34-11)7-21-13(22)5-6-20(18(21)25)17-16(24)15(23)12(33-17)8-32-37(29,30)35-36(26,27)28/h2-6,12,15-17,23-24H,7-8H2,1H3,(H,29,30)(H2,26,27,28)/t12-,15+,16+,17-/m1/s1. The number of aromatic nitrogens is 3. The predicted molar refractivity (Wildman–Crippen MR) is 119 cm³/mol. The monoisotopic (exact) mass is 565 g/mol. The van der Waals surface area contributed by atoms with Crippen LogP contribution < -0.4 is 16.0 Å². The second kappa shape index (κ2) is 10.2. The second-order valence-electron chi connectivity index (χ2n) is 7.78. The lowest BCUT2D eigenvalue weighted by atomic mass is 10.1. The molecule has 3 heterocycles. The van der Waals surface area contributed by atoms with Gasteiger partial charge >= 0.3 is 21.3 Å². The normalized spacial score (nSPS) is 23.8. The summed E-state index contributed by atoms with van der Waals surface area (Å²) in [5, 5.41) is 25.1. The number of hydrogen-bond donors (Lipinski definition) is 5. The number of rotatable bonds is 9. The maximum Gasteiger partial charge on any atom is 0.481 e. The first-order valence-corrected chi connectivity index (χ1v) is 13.3. The first kappa shape index (κ1) is 27.3. The summed E-state index contributed by atoms with van der Waals surface area (Å²) in [4.78, 5) is 52.4. The van der Waals surface area contributed by atoms with Crippen molar-refractivity contribution in [3.05, 3.63) is 57.0 Å². The minimum Gasteiger partial charge on any atom is -0.496 e. The molecule has 202 valence electrons. The van der Waals surface area contributed by atoms with Gasteiger partial charge in [0.05, 0.1) is 25.6 Å². The van der Waals surface area contributed by atoms with Crippen molar-refractivity contribution in [3.63, 3.8) is 0 Å². The number of phosphoric acid groups is 2. The Kier molecular flexibility index (Phi) is 7.56. The minimum absolute atomic E-state index is 0.201. The Morgan fingerprint density at radius 1 is 1.11 bits per heavy atom. The average Bonchev–Trinajstić information content (AvgIpc) is 3.35. The van der Waals surface area contributed by atoms with E-state index in [1.807, 2.05) is 0 Å². The van der Waals surface area contributed by atoms with Crippen LogP contribution in [0.1, 0.15) is 11.9 Å². The molecule has 17 nitrogen and oxygen atoms in total. The van der Waals surface area contributed by atoms with Crippen molar-refractivity contribution in [1.29, 1.82) is 0 Å². The zero-order chi connectivity index (χ0) is 27.1. The lowest BCUT2D eigenvalue weighted by Crippen LogP contribution is -2.43. The van der Waals surface area contributed by atoms with Gasteiger partial charge in [0.2, 0.25) is 0 Å². The molecule has 5 N–H and O–H groups in total. The summed E-state index contributed by atoms with van der Waals surface area (Å²) in [5.41, 5.74) is -1.14. The van der Waals surface area contributed by atoms with Gasteiger partial charge in [0.1, 0.15) is 29.8 Å². The summed E-state index contributed by atoms with van der Waals surface area (Å²) in [6.45, 7) is -1.31. The highest BCUT2D eigenvalue weighted by Crippen LogP contribution is 2.57. The molecule has 4 rings (SSSR count). The molecule has 1 unspecified atom stereocenters. The number of fused-ring (bicyclic) bond motifs is 1. The van der Waals surface area contributed by atoms with E-state index in [0.717, 1.165) is 21.4 Å². The summed E-state index contributed by atoms with van der Waals surface area (Å²) in [6.07, 6.45) is -5.63. The summed E-state index contributed by atoms with van der Waals surface area (Å²) < 4.78 is 48.0. The summed E-state index contributed by atoms with van der Waals surface area (Å²) >= 11 is 0. The van der Waals surface area contributed by atoms with Crippen LogP contribution in [0.25, 0.3) is 11.0 Å². The highest BCUT2D eigenvalue weighted by atomic mass is 31.3. The first-order chi connectivity index (χ1) is 17.3. The molecule has 0 spiro atoms. The van der Waals surface area contributed by atoms with Gasteiger partial charge in [-0.15, -0.1) is 0 Å². The largest absolute Gasteiger partial charge is 0.496 e. The van der Waals surface area contributed by atoms with Crippen LogP contribution in [0.3, 0.4) is 0 Å². The summed E-state index contributed by atoms with van der Waals surface area (Å²) in [5.74, 6) is 0.391. The number of aliphatic hydroxyl groups excluding tert-OH is 2. The first-order valence-electron chi connectivity index (χ1n) is 10.3. The molecule has 1 aromatic carbocycles. The van der Waals surface area contributed by atoms with E-state index in [4.69, 9.17) is 23.8 Å². The number of benzene rings is 1. The number of methoxy groups -OCH3 is 1. The molecule has 0 amide bonds. The third-order valence-corrected chi connectivity index (χ3v) is 7.53. The van der Waals surface area contributed by atoms with Crippen LogP contribution in [-0.4, -0.2) is 71.2 Å². The molecule has 1 fully saturated rings. The van der Waals surface area contributed by atoms with Crippen molar-refractivity contribution in [2.45, 2.75) is 31.1 Å². The number of phosphoric ester groups is 1. The van der Waals surface area contributed by atoms with Crippen molar-refractivity contribution in [3.8, 4) is 5.75 Å². The van der Waals surface area contributed by atoms with Gasteiger partial charge < -0.3 is 38.9 Å². The smallest absolute Gasteiger partial charge is 0.481 e. The fraction of sp³-hybridized carbons (Fsp3) is 0.389. The van der Waals surface area contributed by atoms with Crippen molar-refractivity contribution >= 4 is 26.6 Å². The van der Waals surface area contributed by atoms with Crippen LogP contribution >= 0.6 is 15.6 Å². The summed E-state index contributed by atoms with van der Waals surface area (Å²) in [6, 6.07) is 5.92. The highest BCUT2D eigenvalue weighted by molar-refractivity contribution is 7.60. The molecule has 0 radical (unpaired) electrons. The Bertz CT molecular complexity index is 1510. The third-order valence-electron chi connectivity index (χ3n) is 5.38. The molecule has 3 aromatic rings.